The van der Waals surface area contributed by atoms with E-state index in [4.69, 9.17) is 4.74 Å². The molecule has 108 valence electrons. The molecule has 1 fully saturated rings. The van der Waals surface area contributed by atoms with E-state index in [2.05, 4.69) is 48.5 Å². The van der Waals surface area contributed by atoms with E-state index < -0.39 is 0 Å². The zero-order valence-corrected chi connectivity index (χ0v) is 13.1. The molecule has 4 heteroatoms. The van der Waals surface area contributed by atoms with Crippen molar-refractivity contribution in [1.29, 1.82) is 0 Å². The van der Waals surface area contributed by atoms with Crippen LogP contribution >= 0.6 is 11.3 Å². The molecule has 1 unspecified atom stereocenters. The second-order valence-corrected chi connectivity index (χ2v) is 7.03. The van der Waals surface area contributed by atoms with Gasteiger partial charge in [0.1, 0.15) is 0 Å². The molecule has 1 aliphatic rings. The first-order chi connectivity index (χ1) is 9.05. The standard InChI is InChI=1S/C15H26N2OS/c1-13-11-17(12-15(2,3)18-13)9-8-16-7-6-14-5-4-10-19-14/h4-5,10,13,16H,6-9,11-12H2,1-3H3. The lowest BCUT2D eigenvalue weighted by Gasteiger charge is -2.41. The summed E-state index contributed by atoms with van der Waals surface area (Å²) in [6.45, 7) is 11.9. The van der Waals surface area contributed by atoms with Crippen LogP contribution in [0.1, 0.15) is 25.6 Å². The molecule has 0 aliphatic carbocycles. The van der Waals surface area contributed by atoms with Gasteiger partial charge in [-0.15, -0.1) is 11.3 Å². The molecule has 3 nitrogen and oxygen atoms in total. The summed E-state index contributed by atoms with van der Waals surface area (Å²) in [5.41, 5.74) is -0.00532. The summed E-state index contributed by atoms with van der Waals surface area (Å²) in [6.07, 6.45) is 1.48. The van der Waals surface area contributed by atoms with Crippen molar-refractivity contribution < 1.29 is 4.74 Å². The van der Waals surface area contributed by atoms with Crippen molar-refractivity contribution in [2.45, 2.75) is 38.9 Å². The van der Waals surface area contributed by atoms with Crippen LogP contribution in [0.25, 0.3) is 0 Å². The van der Waals surface area contributed by atoms with Crippen molar-refractivity contribution in [3.8, 4) is 0 Å². The summed E-state index contributed by atoms with van der Waals surface area (Å²) in [5.74, 6) is 0. The second-order valence-electron chi connectivity index (χ2n) is 6.00. The Morgan fingerprint density at radius 1 is 1.47 bits per heavy atom. The third-order valence-electron chi connectivity index (χ3n) is 3.37. The van der Waals surface area contributed by atoms with Gasteiger partial charge in [-0.1, -0.05) is 6.07 Å². The van der Waals surface area contributed by atoms with Crippen molar-refractivity contribution in [3.63, 3.8) is 0 Å². The SMILES string of the molecule is CC1CN(CCNCCc2cccs2)CC(C)(C)O1. The van der Waals surface area contributed by atoms with E-state index in [0.29, 0.717) is 6.10 Å². The fraction of sp³-hybridized carbons (Fsp3) is 0.733. The van der Waals surface area contributed by atoms with Crippen molar-refractivity contribution in [2.24, 2.45) is 0 Å². The highest BCUT2D eigenvalue weighted by molar-refractivity contribution is 7.09. The predicted molar refractivity (Wildman–Crippen MR) is 82.0 cm³/mol. The Kier molecular flexibility index (Phi) is 5.39. The summed E-state index contributed by atoms with van der Waals surface area (Å²) in [6, 6.07) is 4.33. The van der Waals surface area contributed by atoms with Gasteiger partial charge in [-0.25, -0.2) is 0 Å². The summed E-state index contributed by atoms with van der Waals surface area (Å²) in [5, 5.41) is 5.68. The Labute approximate surface area is 121 Å². The topological polar surface area (TPSA) is 24.5 Å². The Balaban J connectivity index is 1.60. The molecule has 0 spiro atoms. The third kappa shape index (κ3) is 5.22. The maximum atomic E-state index is 5.92. The monoisotopic (exact) mass is 282 g/mol. The van der Waals surface area contributed by atoms with Gasteiger partial charge < -0.3 is 10.1 Å². The van der Waals surface area contributed by atoms with Gasteiger partial charge in [0.2, 0.25) is 0 Å². The smallest absolute Gasteiger partial charge is 0.0757 e. The first-order valence-electron chi connectivity index (χ1n) is 7.18. The zero-order valence-electron chi connectivity index (χ0n) is 12.3. The fourth-order valence-electron chi connectivity index (χ4n) is 2.78. The Morgan fingerprint density at radius 3 is 3.00 bits per heavy atom. The molecule has 1 aromatic rings. The van der Waals surface area contributed by atoms with Crippen LogP contribution in [-0.4, -0.2) is 49.3 Å². The molecule has 0 aromatic carbocycles. The quantitative estimate of drug-likeness (QED) is 0.811. The number of hydrogen-bond donors (Lipinski definition) is 1. The highest BCUT2D eigenvalue weighted by Gasteiger charge is 2.30. The number of thiophene rings is 1. The van der Waals surface area contributed by atoms with Crippen LogP contribution in [0.15, 0.2) is 17.5 Å². The van der Waals surface area contributed by atoms with Crippen LogP contribution < -0.4 is 5.32 Å². The molecule has 0 saturated carbocycles. The number of nitrogens with zero attached hydrogens (tertiary/aromatic N) is 1. The largest absolute Gasteiger partial charge is 0.370 e. The van der Waals surface area contributed by atoms with Crippen molar-refractivity contribution in [1.82, 2.24) is 10.2 Å². The molecule has 19 heavy (non-hydrogen) atoms. The first kappa shape index (κ1) is 15.0. The Hall–Kier alpha value is -0.420. The Bertz CT molecular complexity index is 364. The van der Waals surface area contributed by atoms with E-state index in [1.165, 1.54) is 4.88 Å². The van der Waals surface area contributed by atoms with Crippen LogP contribution in [0.2, 0.25) is 0 Å². The van der Waals surface area contributed by atoms with Crippen LogP contribution in [0.3, 0.4) is 0 Å². The highest BCUT2D eigenvalue weighted by atomic mass is 32.1. The summed E-state index contributed by atoms with van der Waals surface area (Å²) < 4.78 is 5.92. The van der Waals surface area contributed by atoms with Crippen LogP contribution in [-0.2, 0) is 11.2 Å². The molecule has 0 amide bonds. The molecular weight excluding hydrogens is 256 g/mol. The van der Waals surface area contributed by atoms with Crippen LogP contribution in [0.4, 0.5) is 0 Å². The predicted octanol–water partition coefficient (Wildman–Crippen LogP) is 2.38. The average Bonchev–Trinajstić information content (AvgIpc) is 2.78. The van der Waals surface area contributed by atoms with Crippen LogP contribution in [0, 0.1) is 0 Å². The second kappa shape index (κ2) is 6.84. The normalized spacial score (nSPS) is 23.6. The molecule has 1 aromatic heterocycles. The number of hydrogen-bond acceptors (Lipinski definition) is 4. The molecule has 2 heterocycles. The van der Waals surface area contributed by atoms with Gasteiger partial charge in [0.15, 0.2) is 0 Å². The molecule has 1 aliphatic heterocycles. The first-order valence-corrected chi connectivity index (χ1v) is 8.06. The minimum absolute atomic E-state index is 0.00532. The third-order valence-corrected chi connectivity index (χ3v) is 4.31. The van der Waals surface area contributed by atoms with Gasteiger partial charge in [-0.05, 0) is 38.6 Å². The maximum Gasteiger partial charge on any atom is 0.0757 e. The molecular formula is C15H26N2OS. The van der Waals surface area contributed by atoms with Crippen molar-refractivity contribution >= 4 is 11.3 Å². The van der Waals surface area contributed by atoms with E-state index in [-0.39, 0.29) is 5.60 Å². The minimum atomic E-state index is -0.00532. The van der Waals surface area contributed by atoms with Crippen molar-refractivity contribution in [3.05, 3.63) is 22.4 Å². The van der Waals surface area contributed by atoms with E-state index in [0.717, 1.165) is 39.1 Å². The molecule has 1 saturated heterocycles. The maximum absolute atomic E-state index is 5.92. The lowest BCUT2D eigenvalue weighted by Crippen LogP contribution is -2.53. The van der Waals surface area contributed by atoms with Gasteiger partial charge >= 0.3 is 0 Å². The molecule has 1 atom stereocenters. The van der Waals surface area contributed by atoms with Gasteiger partial charge in [-0.2, -0.15) is 0 Å². The number of rotatable bonds is 6. The lowest BCUT2D eigenvalue weighted by molar-refractivity contribution is -0.128. The summed E-state index contributed by atoms with van der Waals surface area (Å²) in [7, 11) is 0. The minimum Gasteiger partial charge on any atom is -0.370 e. The zero-order chi connectivity index (χ0) is 13.7. The number of morpholine rings is 1. The van der Waals surface area contributed by atoms with Gasteiger partial charge in [0.25, 0.3) is 0 Å². The summed E-state index contributed by atoms with van der Waals surface area (Å²) in [4.78, 5) is 3.97. The fourth-order valence-corrected chi connectivity index (χ4v) is 3.49. The van der Waals surface area contributed by atoms with E-state index in [1.807, 2.05) is 11.3 Å². The molecule has 0 bridgehead atoms. The van der Waals surface area contributed by atoms with E-state index >= 15 is 0 Å². The molecule has 1 N–H and O–H groups in total. The van der Waals surface area contributed by atoms with Crippen LogP contribution in [0.5, 0.6) is 0 Å². The molecule has 2 rings (SSSR count). The Morgan fingerprint density at radius 2 is 2.32 bits per heavy atom. The van der Waals surface area contributed by atoms with Gasteiger partial charge in [0.05, 0.1) is 11.7 Å². The highest BCUT2D eigenvalue weighted by Crippen LogP contribution is 2.20. The van der Waals surface area contributed by atoms with Gasteiger partial charge in [-0.3, -0.25) is 4.90 Å². The number of ether oxygens (including phenoxy) is 1. The number of nitrogens with one attached hydrogen (secondary N) is 1. The molecule has 0 radical (unpaired) electrons. The van der Waals surface area contributed by atoms with E-state index in [1.54, 1.807) is 0 Å². The lowest BCUT2D eigenvalue weighted by atomic mass is 10.1. The van der Waals surface area contributed by atoms with E-state index in [9.17, 15) is 0 Å². The van der Waals surface area contributed by atoms with Gasteiger partial charge in [0, 0.05) is 37.6 Å². The summed E-state index contributed by atoms with van der Waals surface area (Å²) >= 11 is 1.84. The van der Waals surface area contributed by atoms with Crippen molar-refractivity contribution in [2.75, 3.05) is 32.7 Å². The average molecular weight is 282 g/mol.